The number of unbranched alkanes of at least 4 members (excludes halogenated alkanes) is 1. The first-order valence-electron chi connectivity index (χ1n) is 5.14. The van der Waals surface area contributed by atoms with Crippen molar-refractivity contribution in [2.75, 3.05) is 0 Å². The SMILES string of the molecule is CCCCC1=C(C)C(=N)C(C)=CC1=N. The van der Waals surface area contributed by atoms with Gasteiger partial charge in [-0.05, 0) is 49.5 Å². The second-order valence-corrected chi connectivity index (χ2v) is 3.82. The zero-order valence-corrected chi connectivity index (χ0v) is 9.20. The summed E-state index contributed by atoms with van der Waals surface area (Å²) >= 11 is 0. The maximum absolute atomic E-state index is 7.84. The average molecular weight is 190 g/mol. The monoisotopic (exact) mass is 190 g/mol. The standard InChI is InChI=1S/C12H18N2/c1-4-5-6-10-9(3)12(14)8(2)7-11(10)13/h7,13-14H,4-6H2,1-3H3. The number of hydrogen-bond acceptors (Lipinski definition) is 2. The second kappa shape index (κ2) is 4.36. The van der Waals surface area contributed by atoms with E-state index in [1.165, 1.54) is 0 Å². The smallest absolute Gasteiger partial charge is 0.0602 e. The maximum Gasteiger partial charge on any atom is 0.0602 e. The van der Waals surface area contributed by atoms with E-state index >= 15 is 0 Å². The van der Waals surface area contributed by atoms with Gasteiger partial charge in [0, 0.05) is 0 Å². The van der Waals surface area contributed by atoms with Crippen LogP contribution in [0, 0.1) is 10.8 Å². The van der Waals surface area contributed by atoms with E-state index in [1.54, 1.807) is 6.08 Å². The predicted octanol–water partition coefficient (Wildman–Crippen LogP) is 3.49. The highest BCUT2D eigenvalue weighted by molar-refractivity contribution is 6.24. The molecule has 2 nitrogen and oxygen atoms in total. The van der Waals surface area contributed by atoms with Crippen molar-refractivity contribution in [2.24, 2.45) is 0 Å². The molecule has 0 unspecified atom stereocenters. The third-order valence-electron chi connectivity index (χ3n) is 2.69. The van der Waals surface area contributed by atoms with E-state index in [0.29, 0.717) is 11.4 Å². The molecule has 0 aromatic heterocycles. The molecular weight excluding hydrogens is 172 g/mol. The Hall–Kier alpha value is -1.18. The van der Waals surface area contributed by atoms with Gasteiger partial charge in [0.05, 0.1) is 11.4 Å². The molecule has 76 valence electrons. The topological polar surface area (TPSA) is 47.7 Å². The van der Waals surface area contributed by atoms with Gasteiger partial charge in [0.1, 0.15) is 0 Å². The minimum absolute atomic E-state index is 0.601. The van der Waals surface area contributed by atoms with Crippen LogP contribution in [0.1, 0.15) is 40.0 Å². The second-order valence-electron chi connectivity index (χ2n) is 3.82. The molecule has 0 radical (unpaired) electrons. The summed E-state index contributed by atoms with van der Waals surface area (Å²) in [5, 5.41) is 15.7. The fraction of sp³-hybridized carbons (Fsp3) is 0.500. The molecule has 0 aliphatic heterocycles. The molecule has 0 amide bonds. The lowest BCUT2D eigenvalue weighted by Gasteiger charge is -2.18. The van der Waals surface area contributed by atoms with Gasteiger partial charge in [0.25, 0.3) is 0 Å². The highest BCUT2D eigenvalue weighted by Gasteiger charge is 2.17. The van der Waals surface area contributed by atoms with Gasteiger partial charge in [0.2, 0.25) is 0 Å². The van der Waals surface area contributed by atoms with E-state index in [0.717, 1.165) is 36.0 Å². The molecule has 2 N–H and O–H groups in total. The molecule has 14 heavy (non-hydrogen) atoms. The summed E-state index contributed by atoms with van der Waals surface area (Å²) in [6.07, 6.45) is 4.99. The van der Waals surface area contributed by atoms with Crippen LogP contribution in [-0.2, 0) is 0 Å². The van der Waals surface area contributed by atoms with E-state index in [4.69, 9.17) is 10.8 Å². The van der Waals surface area contributed by atoms with E-state index in [-0.39, 0.29) is 0 Å². The first-order chi connectivity index (χ1) is 6.57. The van der Waals surface area contributed by atoms with Crippen molar-refractivity contribution in [1.29, 1.82) is 10.8 Å². The van der Waals surface area contributed by atoms with Gasteiger partial charge in [0.15, 0.2) is 0 Å². The van der Waals surface area contributed by atoms with Crippen LogP contribution in [0.25, 0.3) is 0 Å². The minimum Gasteiger partial charge on any atom is -0.301 e. The van der Waals surface area contributed by atoms with Gasteiger partial charge in [-0.1, -0.05) is 13.3 Å². The Bertz CT molecular complexity index is 332. The molecule has 0 saturated heterocycles. The Balaban J connectivity index is 2.92. The Morgan fingerprint density at radius 1 is 1.21 bits per heavy atom. The van der Waals surface area contributed by atoms with Crippen LogP contribution < -0.4 is 0 Å². The van der Waals surface area contributed by atoms with Gasteiger partial charge in [-0.15, -0.1) is 0 Å². The zero-order chi connectivity index (χ0) is 10.7. The maximum atomic E-state index is 7.84. The molecule has 0 spiro atoms. The molecule has 0 heterocycles. The summed E-state index contributed by atoms with van der Waals surface area (Å²) in [6, 6.07) is 0. The number of rotatable bonds is 3. The van der Waals surface area contributed by atoms with Crippen molar-refractivity contribution in [3.63, 3.8) is 0 Å². The minimum atomic E-state index is 0.601. The van der Waals surface area contributed by atoms with Crippen LogP contribution in [0.15, 0.2) is 22.8 Å². The lowest BCUT2D eigenvalue weighted by Crippen LogP contribution is -2.15. The number of hydrogen-bond donors (Lipinski definition) is 2. The van der Waals surface area contributed by atoms with Crippen molar-refractivity contribution < 1.29 is 0 Å². The predicted molar refractivity (Wildman–Crippen MR) is 61.4 cm³/mol. The largest absolute Gasteiger partial charge is 0.301 e. The van der Waals surface area contributed by atoms with Gasteiger partial charge < -0.3 is 10.8 Å². The van der Waals surface area contributed by atoms with Gasteiger partial charge in [-0.25, -0.2) is 0 Å². The number of nitrogens with one attached hydrogen (secondary N) is 2. The summed E-state index contributed by atoms with van der Waals surface area (Å²) in [5.74, 6) is 0. The summed E-state index contributed by atoms with van der Waals surface area (Å²) in [7, 11) is 0. The fourth-order valence-electron chi connectivity index (χ4n) is 1.70. The third kappa shape index (κ3) is 2.00. The highest BCUT2D eigenvalue weighted by Crippen LogP contribution is 2.22. The van der Waals surface area contributed by atoms with Gasteiger partial charge in [-0.3, -0.25) is 0 Å². The van der Waals surface area contributed by atoms with Crippen LogP contribution in [-0.4, -0.2) is 11.4 Å². The molecule has 0 bridgehead atoms. The van der Waals surface area contributed by atoms with Crippen LogP contribution >= 0.6 is 0 Å². The Morgan fingerprint density at radius 2 is 1.86 bits per heavy atom. The van der Waals surface area contributed by atoms with Crippen molar-refractivity contribution in [3.05, 3.63) is 22.8 Å². The first-order valence-corrected chi connectivity index (χ1v) is 5.14. The molecule has 0 saturated carbocycles. The van der Waals surface area contributed by atoms with E-state index in [2.05, 4.69) is 6.92 Å². The molecule has 1 rings (SSSR count). The molecule has 0 fully saturated rings. The molecule has 0 aromatic rings. The first kappa shape index (κ1) is 10.9. The number of allylic oxidation sites excluding steroid dienone is 4. The zero-order valence-electron chi connectivity index (χ0n) is 9.20. The Morgan fingerprint density at radius 3 is 2.43 bits per heavy atom. The van der Waals surface area contributed by atoms with E-state index in [1.807, 2.05) is 13.8 Å². The van der Waals surface area contributed by atoms with Crippen LogP contribution in [0.3, 0.4) is 0 Å². The summed E-state index contributed by atoms with van der Waals surface area (Å²) in [6.45, 7) is 6.00. The summed E-state index contributed by atoms with van der Waals surface area (Å²) in [5.41, 5.74) is 4.16. The molecule has 1 aliphatic carbocycles. The van der Waals surface area contributed by atoms with Crippen LogP contribution in [0.4, 0.5) is 0 Å². The fourth-order valence-corrected chi connectivity index (χ4v) is 1.70. The van der Waals surface area contributed by atoms with Crippen LogP contribution in [0.5, 0.6) is 0 Å². The molecule has 1 aliphatic rings. The molecular formula is C12H18N2. The molecule has 0 aromatic carbocycles. The van der Waals surface area contributed by atoms with E-state index < -0.39 is 0 Å². The van der Waals surface area contributed by atoms with Crippen LogP contribution in [0.2, 0.25) is 0 Å². The highest BCUT2D eigenvalue weighted by atomic mass is 14.5. The van der Waals surface area contributed by atoms with Crippen molar-refractivity contribution in [3.8, 4) is 0 Å². The summed E-state index contributed by atoms with van der Waals surface area (Å²) in [4.78, 5) is 0. The quantitative estimate of drug-likeness (QED) is 0.640. The molecule has 0 atom stereocenters. The lowest BCUT2D eigenvalue weighted by atomic mass is 9.87. The average Bonchev–Trinajstić information content (AvgIpc) is 2.14. The Labute approximate surface area is 85.7 Å². The van der Waals surface area contributed by atoms with E-state index in [9.17, 15) is 0 Å². The van der Waals surface area contributed by atoms with Gasteiger partial charge >= 0.3 is 0 Å². The lowest BCUT2D eigenvalue weighted by molar-refractivity contribution is 0.799. The Kier molecular flexibility index (Phi) is 3.39. The van der Waals surface area contributed by atoms with Crippen molar-refractivity contribution in [1.82, 2.24) is 0 Å². The van der Waals surface area contributed by atoms with Gasteiger partial charge in [-0.2, -0.15) is 0 Å². The normalized spacial score (nSPS) is 17.5. The van der Waals surface area contributed by atoms with Crippen molar-refractivity contribution >= 4 is 11.4 Å². The molecule has 2 heteroatoms. The van der Waals surface area contributed by atoms with Crippen molar-refractivity contribution in [2.45, 2.75) is 40.0 Å². The third-order valence-corrected chi connectivity index (χ3v) is 2.69. The summed E-state index contributed by atoms with van der Waals surface area (Å²) < 4.78 is 0.